The van der Waals surface area contributed by atoms with Crippen LogP contribution in [-0.2, 0) is 21.4 Å². The van der Waals surface area contributed by atoms with Crippen molar-refractivity contribution in [2.45, 2.75) is 32.6 Å². The molecule has 24 heavy (non-hydrogen) atoms. The van der Waals surface area contributed by atoms with Gasteiger partial charge in [0.05, 0.1) is 6.42 Å². The third-order valence-electron chi connectivity index (χ3n) is 3.08. The van der Waals surface area contributed by atoms with Crippen LogP contribution in [0.25, 0.3) is 0 Å². The maximum atomic E-state index is 12.1. The van der Waals surface area contributed by atoms with E-state index in [0.29, 0.717) is 10.8 Å². The highest BCUT2D eigenvalue weighted by Crippen LogP contribution is 2.27. The molecule has 0 saturated carbocycles. The number of amides is 2. The topological polar surface area (TPSA) is 84.0 Å². The molecule has 0 aliphatic heterocycles. The van der Waals surface area contributed by atoms with Gasteiger partial charge in [-0.25, -0.2) is 0 Å². The summed E-state index contributed by atoms with van der Waals surface area (Å²) >= 11 is 1.38. The van der Waals surface area contributed by atoms with Gasteiger partial charge in [0, 0.05) is 11.1 Å². The molecule has 2 amide bonds. The Kier molecular flexibility index (Phi) is 5.46. The minimum Gasteiger partial charge on any atom is -0.323 e. The number of carbonyl (C=O) groups is 2. The minimum atomic E-state index is -0.272. The second-order valence-corrected chi connectivity index (χ2v) is 7.26. The van der Waals surface area contributed by atoms with Gasteiger partial charge in [-0.3, -0.25) is 9.59 Å². The second kappa shape index (κ2) is 7.35. The Morgan fingerprint density at radius 3 is 2.38 bits per heavy atom. The van der Waals surface area contributed by atoms with E-state index in [4.69, 9.17) is 0 Å². The molecule has 2 rings (SSSR count). The average molecular weight is 344 g/mol. The van der Waals surface area contributed by atoms with Crippen molar-refractivity contribution in [2.24, 2.45) is 0 Å². The van der Waals surface area contributed by atoms with Gasteiger partial charge in [0.15, 0.2) is 0 Å². The molecule has 0 spiro atoms. The SMILES string of the molecule is C=CC(=O)Nc1ccc(CC(=O)Nc2nnc(C(C)(C)C)s2)cc1. The Morgan fingerprint density at radius 2 is 1.83 bits per heavy atom. The number of aromatic nitrogens is 2. The lowest BCUT2D eigenvalue weighted by Crippen LogP contribution is -2.14. The number of anilines is 2. The molecule has 0 fully saturated rings. The van der Waals surface area contributed by atoms with Crippen molar-refractivity contribution in [1.29, 1.82) is 0 Å². The van der Waals surface area contributed by atoms with Crippen molar-refractivity contribution >= 4 is 34.0 Å². The fourth-order valence-electron chi connectivity index (χ4n) is 1.82. The van der Waals surface area contributed by atoms with Gasteiger partial charge in [0.2, 0.25) is 16.9 Å². The van der Waals surface area contributed by atoms with Gasteiger partial charge >= 0.3 is 0 Å². The lowest BCUT2D eigenvalue weighted by Gasteiger charge is -2.12. The molecule has 0 unspecified atom stereocenters. The van der Waals surface area contributed by atoms with E-state index >= 15 is 0 Å². The molecular formula is C17H20N4O2S. The van der Waals surface area contributed by atoms with Gasteiger partial charge in [-0.1, -0.05) is 50.8 Å². The number of benzene rings is 1. The monoisotopic (exact) mass is 344 g/mol. The summed E-state index contributed by atoms with van der Waals surface area (Å²) in [6, 6.07) is 7.07. The summed E-state index contributed by atoms with van der Waals surface area (Å²) in [4.78, 5) is 23.3. The van der Waals surface area contributed by atoms with E-state index in [9.17, 15) is 9.59 Å². The molecule has 2 N–H and O–H groups in total. The summed E-state index contributed by atoms with van der Waals surface area (Å²) in [5.41, 5.74) is 1.40. The van der Waals surface area contributed by atoms with Gasteiger partial charge in [0.25, 0.3) is 0 Å². The highest BCUT2D eigenvalue weighted by Gasteiger charge is 2.20. The quantitative estimate of drug-likeness (QED) is 0.816. The first kappa shape index (κ1) is 17.8. The van der Waals surface area contributed by atoms with Crippen LogP contribution < -0.4 is 10.6 Å². The van der Waals surface area contributed by atoms with E-state index in [-0.39, 0.29) is 23.7 Å². The Labute approximate surface area is 145 Å². The smallest absolute Gasteiger partial charge is 0.247 e. The third-order valence-corrected chi connectivity index (χ3v) is 4.35. The Balaban J connectivity index is 1.93. The molecule has 0 atom stereocenters. The van der Waals surface area contributed by atoms with Crippen LogP contribution in [0.2, 0.25) is 0 Å². The van der Waals surface area contributed by atoms with E-state index in [1.165, 1.54) is 17.4 Å². The largest absolute Gasteiger partial charge is 0.323 e. The summed E-state index contributed by atoms with van der Waals surface area (Å²) in [5, 5.41) is 14.9. The van der Waals surface area contributed by atoms with Crippen LogP contribution in [-0.4, -0.2) is 22.0 Å². The number of carbonyl (C=O) groups excluding carboxylic acids is 2. The van der Waals surface area contributed by atoms with Crippen LogP contribution in [0.5, 0.6) is 0 Å². The molecule has 2 aromatic rings. The normalized spacial score (nSPS) is 11.0. The fraction of sp³-hybridized carbons (Fsp3) is 0.294. The Hall–Kier alpha value is -2.54. The van der Waals surface area contributed by atoms with E-state index in [1.807, 2.05) is 20.8 Å². The molecule has 1 aromatic heterocycles. The molecule has 7 heteroatoms. The highest BCUT2D eigenvalue weighted by atomic mass is 32.1. The molecule has 1 heterocycles. The lowest BCUT2D eigenvalue weighted by molar-refractivity contribution is -0.115. The number of rotatable bonds is 5. The second-order valence-electron chi connectivity index (χ2n) is 6.28. The molecule has 0 radical (unpaired) electrons. The van der Waals surface area contributed by atoms with E-state index in [2.05, 4.69) is 27.4 Å². The van der Waals surface area contributed by atoms with Gasteiger partial charge in [0.1, 0.15) is 5.01 Å². The highest BCUT2D eigenvalue weighted by molar-refractivity contribution is 7.15. The van der Waals surface area contributed by atoms with Crippen molar-refractivity contribution in [3.8, 4) is 0 Å². The third kappa shape index (κ3) is 4.99. The molecule has 1 aromatic carbocycles. The fourth-order valence-corrected chi connectivity index (χ4v) is 2.64. The molecular weight excluding hydrogens is 324 g/mol. The first-order valence-electron chi connectivity index (χ1n) is 7.44. The van der Waals surface area contributed by atoms with Gasteiger partial charge in [-0.2, -0.15) is 0 Å². The van der Waals surface area contributed by atoms with Crippen molar-refractivity contribution in [1.82, 2.24) is 10.2 Å². The number of hydrogen-bond acceptors (Lipinski definition) is 5. The Morgan fingerprint density at radius 1 is 1.17 bits per heavy atom. The average Bonchev–Trinajstić information content (AvgIpc) is 2.97. The number of nitrogens with one attached hydrogen (secondary N) is 2. The van der Waals surface area contributed by atoms with Crippen molar-refractivity contribution in [3.63, 3.8) is 0 Å². The first-order chi connectivity index (χ1) is 11.3. The summed E-state index contributed by atoms with van der Waals surface area (Å²) in [5.74, 6) is -0.430. The van der Waals surface area contributed by atoms with Crippen molar-refractivity contribution in [3.05, 3.63) is 47.5 Å². The van der Waals surface area contributed by atoms with Gasteiger partial charge < -0.3 is 10.6 Å². The zero-order valence-corrected chi connectivity index (χ0v) is 14.7. The van der Waals surface area contributed by atoms with Gasteiger partial charge in [-0.05, 0) is 23.8 Å². The van der Waals surface area contributed by atoms with Crippen molar-refractivity contribution in [2.75, 3.05) is 10.6 Å². The van der Waals surface area contributed by atoms with E-state index < -0.39 is 0 Å². The molecule has 0 saturated heterocycles. The number of hydrogen-bond donors (Lipinski definition) is 2. The summed E-state index contributed by atoms with van der Waals surface area (Å²) < 4.78 is 0. The van der Waals surface area contributed by atoms with E-state index in [1.54, 1.807) is 24.3 Å². The summed E-state index contributed by atoms with van der Waals surface area (Å²) in [6.07, 6.45) is 1.43. The van der Waals surface area contributed by atoms with Crippen LogP contribution in [0.3, 0.4) is 0 Å². The maximum absolute atomic E-state index is 12.1. The van der Waals surface area contributed by atoms with Crippen LogP contribution in [0, 0.1) is 0 Å². The van der Waals surface area contributed by atoms with Crippen LogP contribution >= 0.6 is 11.3 Å². The molecule has 0 aliphatic rings. The molecule has 6 nitrogen and oxygen atoms in total. The van der Waals surface area contributed by atoms with Crippen LogP contribution in [0.4, 0.5) is 10.8 Å². The van der Waals surface area contributed by atoms with Crippen LogP contribution in [0.15, 0.2) is 36.9 Å². The minimum absolute atomic E-state index is 0.0909. The zero-order chi connectivity index (χ0) is 17.7. The number of nitrogens with zero attached hydrogens (tertiary/aromatic N) is 2. The Bertz CT molecular complexity index is 745. The van der Waals surface area contributed by atoms with Crippen LogP contribution in [0.1, 0.15) is 31.3 Å². The van der Waals surface area contributed by atoms with Gasteiger partial charge in [-0.15, -0.1) is 10.2 Å². The lowest BCUT2D eigenvalue weighted by atomic mass is 9.98. The molecule has 126 valence electrons. The first-order valence-corrected chi connectivity index (χ1v) is 8.26. The zero-order valence-electron chi connectivity index (χ0n) is 13.9. The summed E-state index contributed by atoms with van der Waals surface area (Å²) in [6.45, 7) is 9.54. The van der Waals surface area contributed by atoms with E-state index in [0.717, 1.165) is 10.6 Å². The summed E-state index contributed by atoms with van der Waals surface area (Å²) in [7, 11) is 0. The molecule has 0 bridgehead atoms. The standard InChI is InChI=1S/C17H20N4O2S/c1-5-13(22)18-12-8-6-11(7-9-12)10-14(23)19-16-21-20-15(24-16)17(2,3)4/h5-9H,1,10H2,2-4H3,(H,18,22)(H,19,21,23). The predicted octanol–water partition coefficient (Wildman–Crippen LogP) is 3.14. The van der Waals surface area contributed by atoms with Crippen molar-refractivity contribution < 1.29 is 9.59 Å². The maximum Gasteiger partial charge on any atom is 0.247 e. The molecule has 0 aliphatic carbocycles. The predicted molar refractivity (Wildman–Crippen MR) is 96.2 cm³/mol.